The van der Waals surface area contributed by atoms with Gasteiger partial charge in [0.25, 0.3) is 0 Å². The molecular weight excluding hydrogens is 124 g/mol. The predicted molar refractivity (Wildman–Crippen MR) is 40.9 cm³/mol. The second-order valence-corrected chi connectivity index (χ2v) is 3.81. The van der Waals surface area contributed by atoms with Crippen LogP contribution in [0.3, 0.4) is 0 Å². The number of rotatable bonds is 0. The fourth-order valence-corrected chi connectivity index (χ4v) is 2.21. The van der Waals surface area contributed by atoms with E-state index in [-0.39, 0.29) is 0 Å². The molecule has 2 atom stereocenters. The fraction of sp³-hybridized carbons (Fsp3) is 1.00. The van der Waals surface area contributed by atoms with Gasteiger partial charge in [0.15, 0.2) is 0 Å². The van der Waals surface area contributed by atoms with Gasteiger partial charge in [0, 0.05) is 6.61 Å². The minimum Gasteiger partial charge on any atom is -0.375 e. The minimum atomic E-state index is 0.359. The van der Waals surface area contributed by atoms with Crippen molar-refractivity contribution >= 4 is 0 Å². The normalized spacial score (nSPS) is 47.1. The van der Waals surface area contributed by atoms with Crippen molar-refractivity contribution in [2.45, 2.75) is 44.6 Å². The molecule has 1 aliphatic heterocycles. The van der Waals surface area contributed by atoms with Gasteiger partial charge in [0.05, 0.1) is 5.60 Å². The summed E-state index contributed by atoms with van der Waals surface area (Å²) in [4.78, 5) is 0. The maximum absolute atomic E-state index is 5.81. The molecule has 10 heavy (non-hydrogen) atoms. The van der Waals surface area contributed by atoms with E-state index in [4.69, 9.17) is 4.74 Å². The van der Waals surface area contributed by atoms with Crippen molar-refractivity contribution in [3.05, 3.63) is 0 Å². The SMILES string of the molecule is CC1CC[C@@]12CCCCO2. The zero-order valence-corrected chi connectivity index (χ0v) is 6.73. The summed E-state index contributed by atoms with van der Waals surface area (Å²) in [6.45, 7) is 3.35. The summed E-state index contributed by atoms with van der Waals surface area (Å²) in [5.41, 5.74) is 0.359. The van der Waals surface area contributed by atoms with Crippen molar-refractivity contribution < 1.29 is 4.74 Å². The van der Waals surface area contributed by atoms with Gasteiger partial charge in [0.1, 0.15) is 0 Å². The average molecular weight is 140 g/mol. The molecule has 0 N–H and O–H groups in total. The molecule has 1 saturated carbocycles. The summed E-state index contributed by atoms with van der Waals surface area (Å²) in [6.07, 6.45) is 6.72. The summed E-state index contributed by atoms with van der Waals surface area (Å²) >= 11 is 0. The van der Waals surface area contributed by atoms with Gasteiger partial charge in [-0.25, -0.2) is 0 Å². The first kappa shape index (κ1) is 6.66. The summed E-state index contributed by atoms with van der Waals surface area (Å²) in [7, 11) is 0. The molecule has 0 aromatic heterocycles. The van der Waals surface area contributed by atoms with Crippen molar-refractivity contribution in [2.75, 3.05) is 6.61 Å². The molecule has 2 fully saturated rings. The molecule has 1 heteroatoms. The largest absolute Gasteiger partial charge is 0.375 e. The van der Waals surface area contributed by atoms with Gasteiger partial charge in [-0.3, -0.25) is 0 Å². The van der Waals surface area contributed by atoms with Crippen molar-refractivity contribution in [1.29, 1.82) is 0 Å². The summed E-state index contributed by atoms with van der Waals surface area (Å²) < 4.78 is 5.81. The summed E-state index contributed by atoms with van der Waals surface area (Å²) in [5.74, 6) is 0.841. The Morgan fingerprint density at radius 1 is 1.30 bits per heavy atom. The zero-order valence-electron chi connectivity index (χ0n) is 6.73. The molecule has 0 bridgehead atoms. The smallest absolute Gasteiger partial charge is 0.0708 e. The lowest BCUT2D eigenvalue weighted by Gasteiger charge is -2.50. The molecule has 2 aliphatic rings. The fourth-order valence-electron chi connectivity index (χ4n) is 2.21. The molecule has 0 amide bonds. The van der Waals surface area contributed by atoms with E-state index in [1.54, 1.807) is 0 Å². The second kappa shape index (κ2) is 2.23. The summed E-state index contributed by atoms with van der Waals surface area (Å²) in [6, 6.07) is 0. The van der Waals surface area contributed by atoms with E-state index >= 15 is 0 Å². The molecule has 1 spiro atoms. The maximum atomic E-state index is 5.81. The lowest BCUT2D eigenvalue weighted by Crippen LogP contribution is -2.49. The molecule has 58 valence electrons. The van der Waals surface area contributed by atoms with Gasteiger partial charge in [0.2, 0.25) is 0 Å². The Kier molecular flexibility index (Phi) is 1.48. The Bertz CT molecular complexity index is 125. The maximum Gasteiger partial charge on any atom is 0.0708 e. The van der Waals surface area contributed by atoms with Crippen LogP contribution in [0.4, 0.5) is 0 Å². The molecule has 1 heterocycles. The van der Waals surface area contributed by atoms with Crippen LogP contribution in [0, 0.1) is 5.92 Å². The Morgan fingerprint density at radius 3 is 2.50 bits per heavy atom. The topological polar surface area (TPSA) is 9.23 Å². The standard InChI is InChI=1S/C9H16O/c1-8-4-6-9(8)5-2-3-7-10-9/h8H,2-7H2,1H3/t8?,9-/m0/s1. The highest BCUT2D eigenvalue weighted by Crippen LogP contribution is 2.46. The van der Waals surface area contributed by atoms with E-state index in [2.05, 4.69) is 6.92 Å². The highest BCUT2D eigenvalue weighted by Gasteiger charge is 2.45. The number of hydrogen-bond donors (Lipinski definition) is 0. The lowest BCUT2D eigenvalue weighted by atomic mass is 9.67. The highest BCUT2D eigenvalue weighted by atomic mass is 16.5. The molecule has 1 saturated heterocycles. The Labute approximate surface area is 62.8 Å². The van der Waals surface area contributed by atoms with E-state index in [9.17, 15) is 0 Å². The molecule has 1 aliphatic carbocycles. The average Bonchev–Trinajstić information content (AvgIpc) is 2.04. The van der Waals surface area contributed by atoms with Crippen molar-refractivity contribution in [3.8, 4) is 0 Å². The Morgan fingerprint density at radius 2 is 2.20 bits per heavy atom. The quantitative estimate of drug-likeness (QED) is 0.502. The third kappa shape index (κ3) is 0.800. The lowest BCUT2D eigenvalue weighted by molar-refractivity contribution is -0.164. The Balaban J connectivity index is 1.99. The van der Waals surface area contributed by atoms with Gasteiger partial charge in [-0.1, -0.05) is 6.92 Å². The first-order chi connectivity index (χ1) is 4.83. The molecule has 0 aromatic carbocycles. The molecule has 2 rings (SSSR count). The van der Waals surface area contributed by atoms with Gasteiger partial charge >= 0.3 is 0 Å². The Hall–Kier alpha value is -0.0400. The van der Waals surface area contributed by atoms with Gasteiger partial charge in [-0.2, -0.15) is 0 Å². The van der Waals surface area contributed by atoms with E-state index in [0.29, 0.717) is 5.60 Å². The summed E-state index contributed by atoms with van der Waals surface area (Å²) in [5, 5.41) is 0. The van der Waals surface area contributed by atoms with Crippen molar-refractivity contribution in [2.24, 2.45) is 5.92 Å². The molecule has 1 unspecified atom stereocenters. The van der Waals surface area contributed by atoms with Gasteiger partial charge < -0.3 is 4.74 Å². The van der Waals surface area contributed by atoms with E-state index in [1.807, 2.05) is 0 Å². The van der Waals surface area contributed by atoms with Crippen LogP contribution in [0.25, 0.3) is 0 Å². The van der Waals surface area contributed by atoms with Crippen LogP contribution in [-0.4, -0.2) is 12.2 Å². The first-order valence-corrected chi connectivity index (χ1v) is 4.47. The zero-order chi connectivity index (χ0) is 7.03. The van der Waals surface area contributed by atoms with Crippen LogP contribution in [0.5, 0.6) is 0 Å². The molecule has 1 nitrogen and oxygen atoms in total. The van der Waals surface area contributed by atoms with Crippen molar-refractivity contribution in [1.82, 2.24) is 0 Å². The van der Waals surface area contributed by atoms with Crippen LogP contribution in [-0.2, 0) is 4.74 Å². The molecular formula is C9H16O. The van der Waals surface area contributed by atoms with Crippen LogP contribution >= 0.6 is 0 Å². The van der Waals surface area contributed by atoms with Crippen LogP contribution in [0.1, 0.15) is 39.0 Å². The van der Waals surface area contributed by atoms with Gasteiger partial charge in [-0.05, 0) is 38.0 Å². The third-order valence-electron chi connectivity index (χ3n) is 3.28. The van der Waals surface area contributed by atoms with Crippen LogP contribution in [0.2, 0.25) is 0 Å². The highest BCUT2D eigenvalue weighted by molar-refractivity contribution is 4.96. The monoisotopic (exact) mass is 140 g/mol. The number of ether oxygens (including phenoxy) is 1. The van der Waals surface area contributed by atoms with E-state index < -0.39 is 0 Å². The van der Waals surface area contributed by atoms with E-state index in [1.165, 1.54) is 32.1 Å². The van der Waals surface area contributed by atoms with Crippen LogP contribution < -0.4 is 0 Å². The minimum absolute atomic E-state index is 0.359. The van der Waals surface area contributed by atoms with Gasteiger partial charge in [-0.15, -0.1) is 0 Å². The molecule has 0 aromatic rings. The predicted octanol–water partition coefficient (Wildman–Crippen LogP) is 2.36. The second-order valence-electron chi connectivity index (χ2n) is 3.81. The third-order valence-corrected chi connectivity index (χ3v) is 3.28. The van der Waals surface area contributed by atoms with Crippen LogP contribution in [0.15, 0.2) is 0 Å². The number of hydrogen-bond acceptors (Lipinski definition) is 1. The molecule has 0 radical (unpaired) electrons. The van der Waals surface area contributed by atoms with Crippen molar-refractivity contribution in [3.63, 3.8) is 0 Å². The van der Waals surface area contributed by atoms with E-state index in [0.717, 1.165) is 12.5 Å². The first-order valence-electron chi connectivity index (χ1n) is 4.47.